The summed E-state index contributed by atoms with van der Waals surface area (Å²) in [4.78, 5) is 13.3. The summed E-state index contributed by atoms with van der Waals surface area (Å²) >= 11 is 0. The van der Waals surface area contributed by atoms with Crippen LogP contribution in [0.1, 0.15) is 58.3 Å². The second-order valence-electron chi connectivity index (χ2n) is 9.31. The van der Waals surface area contributed by atoms with Crippen LogP contribution in [0.4, 0.5) is 0 Å². The summed E-state index contributed by atoms with van der Waals surface area (Å²) in [7, 11) is 1.53. The van der Waals surface area contributed by atoms with Crippen molar-refractivity contribution in [1.82, 2.24) is 0 Å². The van der Waals surface area contributed by atoms with Gasteiger partial charge in [0.25, 0.3) is 0 Å². The quantitative estimate of drug-likeness (QED) is 0.535. The normalized spacial score (nSPS) is 24.2. The molecule has 6 rings (SSSR count). The van der Waals surface area contributed by atoms with E-state index in [0.29, 0.717) is 22.8 Å². The molecule has 180 valence electrons. The smallest absolute Gasteiger partial charge is 0.207 e. The molecule has 0 unspecified atom stereocenters. The summed E-state index contributed by atoms with van der Waals surface area (Å²) in [5.41, 5.74) is 3.29. The Morgan fingerprint density at radius 3 is 2.43 bits per heavy atom. The number of phenolic OH excluding ortho intramolecular Hbond substituents is 2. The fraction of sp³-hybridized carbons (Fsp3) is 0.321. The summed E-state index contributed by atoms with van der Waals surface area (Å²) in [6, 6.07) is 15.7. The number of carbonyl (C=O) groups excluding carboxylic acids is 1. The molecule has 1 fully saturated rings. The molecule has 0 bridgehead atoms. The van der Waals surface area contributed by atoms with Crippen molar-refractivity contribution in [1.29, 1.82) is 0 Å². The average Bonchev–Trinajstić information content (AvgIpc) is 3.40. The van der Waals surface area contributed by atoms with Gasteiger partial charge in [0.05, 0.1) is 25.6 Å². The van der Waals surface area contributed by atoms with E-state index in [0.717, 1.165) is 36.0 Å². The highest BCUT2D eigenvalue weighted by atomic mass is 16.7. The van der Waals surface area contributed by atoms with Gasteiger partial charge >= 0.3 is 0 Å². The third-order valence-electron chi connectivity index (χ3n) is 7.12. The van der Waals surface area contributed by atoms with Crippen LogP contribution in [0.25, 0.3) is 0 Å². The predicted molar refractivity (Wildman–Crippen MR) is 126 cm³/mol. The third kappa shape index (κ3) is 3.86. The maximum atomic E-state index is 13.3. The van der Waals surface area contributed by atoms with Crippen molar-refractivity contribution in [2.75, 3.05) is 7.11 Å². The van der Waals surface area contributed by atoms with Crippen molar-refractivity contribution in [2.24, 2.45) is 0 Å². The van der Waals surface area contributed by atoms with Crippen molar-refractivity contribution in [3.05, 3.63) is 76.9 Å². The van der Waals surface area contributed by atoms with Gasteiger partial charge in [0.15, 0.2) is 5.78 Å². The highest BCUT2D eigenvalue weighted by Crippen LogP contribution is 2.56. The number of carbonyl (C=O) groups is 1. The zero-order valence-electron chi connectivity index (χ0n) is 19.3. The fourth-order valence-corrected chi connectivity index (χ4v) is 5.35. The minimum Gasteiger partial charge on any atom is -0.508 e. The van der Waals surface area contributed by atoms with Crippen LogP contribution in [0.15, 0.2) is 54.6 Å². The minimum atomic E-state index is -0.460. The van der Waals surface area contributed by atoms with E-state index in [9.17, 15) is 15.0 Å². The van der Waals surface area contributed by atoms with Gasteiger partial charge in [0, 0.05) is 11.6 Å². The van der Waals surface area contributed by atoms with Gasteiger partial charge < -0.3 is 29.2 Å². The number of methoxy groups -OCH3 is 1. The van der Waals surface area contributed by atoms with Gasteiger partial charge in [-0.05, 0) is 54.7 Å². The van der Waals surface area contributed by atoms with Crippen LogP contribution >= 0.6 is 0 Å². The lowest BCUT2D eigenvalue weighted by atomic mass is 9.88. The van der Waals surface area contributed by atoms with Crippen LogP contribution in [0.2, 0.25) is 0 Å². The molecule has 7 heteroatoms. The molecule has 0 amide bonds. The van der Waals surface area contributed by atoms with Crippen molar-refractivity contribution < 1.29 is 34.0 Å². The van der Waals surface area contributed by atoms with Gasteiger partial charge in [0.1, 0.15) is 40.4 Å². The molecule has 3 aromatic carbocycles. The average molecular weight is 475 g/mol. The Morgan fingerprint density at radius 1 is 1.00 bits per heavy atom. The van der Waals surface area contributed by atoms with Crippen molar-refractivity contribution in [3.8, 4) is 28.7 Å². The Morgan fingerprint density at radius 2 is 1.71 bits per heavy atom. The lowest BCUT2D eigenvalue weighted by Gasteiger charge is -2.29. The van der Waals surface area contributed by atoms with Gasteiger partial charge in [-0.1, -0.05) is 24.3 Å². The van der Waals surface area contributed by atoms with E-state index < -0.39 is 12.4 Å². The van der Waals surface area contributed by atoms with Crippen LogP contribution in [-0.2, 0) is 11.2 Å². The van der Waals surface area contributed by atoms with E-state index in [1.165, 1.54) is 7.11 Å². The standard InChI is InChI=1S/C28H26O7/c1-32-23-14-24-25(27-26(23)21(31)13-22(34-27)16-5-9-18(30)10-6-16)20-12-19(33-28(20)35-24)11-4-15-2-7-17(29)8-3-15/h2-3,5-10,14,19-20,22,28-30H,4,11-13H2,1H3/t19-,20-,22+,28+/m0/s1. The monoisotopic (exact) mass is 474 g/mol. The number of phenols is 2. The number of hydrogen-bond acceptors (Lipinski definition) is 7. The van der Waals surface area contributed by atoms with Crippen LogP contribution in [0, 0.1) is 0 Å². The Balaban J connectivity index is 1.28. The molecule has 3 heterocycles. The topological polar surface area (TPSA) is 94.5 Å². The maximum absolute atomic E-state index is 13.3. The molecule has 0 spiro atoms. The molecular formula is C28H26O7. The SMILES string of the molecule is COc1cc2c(c3c1C(=O)C[C@H](c1ccc(O)cc1)O3)[C@@H]1C[C@H](CCc3ccc(O)cc3)O[C@@H]1O2. The molecule has 0 saturated carbocycles. The number of aromatic hydroxyl groups is 2. The number of rotatable bonds is 5. The molecule has 3 aliphatic heterocycles. The summed E-state index contributed by atoms with van der Waals surface area (Å²) < 4.78 is 24.4. The summed E-state index contributed by atoms with van der Waals surface area (Å²) in [6.45, 7) is 0. The van der Waals surface area contributed by atoms with Crippen molar-refractivity contribution >= 4 is 5.78 Å². The van der Waals surface area contributed by atoms with Gasteiger partial charge in [-0.15, -0.1) is 0 Å². The van der Waals surface area contributed by atoms with E-state index in [2.05, 4.69) is 0 Å². The molecule has 0 radical (unpaired) electrons. The third-order valence-corrected chi connectivity index (χ3v) is 7.12. The van der Waals surface area contributed by atoms with Crippen LogP contribution in [0.5, 0.6) is 28.7 Å². The van der Waals surface area contributed by atoms with E-state index in [1.807, 2.05) is 12.1 Å². The molecule has 2 N–H and O–H groups in total. The Hall–Kier alpha value is -3.71. The van der Waals surface area contributed by atoms with E-state index in [4.69, 9.17) is 18.9 Å². The largest absolute Gasteiger partial charge is 0.508 e. The van der Waals surface area contributed by atoms with Gasteiger partial charge in [-0.25, -0.2) is 0 Å². The first-order chi connectivity index (χ1) is 17.0. The van der Waals surface area contributed by atoms with E-state index in [-0.39, 0.29) is 35.7 Å². The first-order valence-corrected chi connectivity index (χ1v) is 11.8. The molecule has 0 aliphatic carbocycles. The summed E-state index contributed by atoms with van der Waals surface area (Å²) in [5, 5.41) is 19.1. The lowest BCUT2D eigenvalue weighted by molar-refractivity contribution is -0.0700. The minimum absolute atomic E-state index is 0.0110. The zero-order chi connectivity index (χ0) is 24.1. The molecule has 7 nitrogen and oxygen atoms in total. The molecule has 3 aromatic rings. The second kappa shape index (κ2) is 8.50. The number of Topliss-reactive ketones (excluding diaryl/α,β-unsaturated/α-hetero) is 1. The zero-order valence-corrected chi connectivity index (χ0v) is 19.3. The van der Waals surface area contributed by atoms with Crippen molar-refractivity contribution in [3.63, 3.8) is 0 Å². The highest BCUT2D eigenvalue weighted by Gasteiger charge is 2.48. The maximum Gasteiger partial charge on any atom is 0.207 e. The number of ether oxygens (including phenoxy) is 4. The number of aryl methyl sites for hydroxylation is 1. The Kier molecular flexibility index (Phi) is 5.29. The molecule has 0 aromatic heterocycles. The molecule has 35 heavy (non-hydrogen) atoms. The van der Waals surface area contributed by atoms with Gasteiger partial charge in [-0.3, -0.25) is 4.79 Å². The molecule has 4 atom stereocenters. The lowest BCUT2D eigenvalue weighted by Crippen LogP contribution is -2.22. The number of ketones is 1. The Labute approximate surface area is 202 Å². The number of fused-ring (bicyclic) bond motifs is 5. The second-order valence-corrected chi connectivity index (χ2v) is 9.31. The first kappa shape index (κ1) is 21.8. The Bertz CT molecular complexity index is 1270. The van der Waals surface area contributed by atoms with Crippen molar-refractivity contribution in [2.45, 2.75) is 50.1 Å². The summed E-state index contributed by atoms with van der Waals surface area (Å²) in [5.74, 6) is 1.92. The predicted octanol–water partition coefficient (Wildman–Crippen LogP) is 5.04. The number of benzene rings is 3. The van der Waals surface area contributed by atoms with E-state index >= 15 is 0 Å². The summed E-state index contributed by atoms with van der Waals surface area (Å²) in [6.07, 6.45) is 1.72. The fourth-order valence-electron chi connectivity index (χ4n) is 5.35. The van der Waals surface area contributed by atoms with Crippen LogP contribution < -0.4 is 14.2 Å². The van der Waals surface area contributed by atoms with Gasteiger partial charge in [0.2, 0.25) is 6.29 Å². The van der Waals surface area contributed by atoms with Gasteiger partial charge in [-0.2, -0.15) is 0 Å². The van der Waals surface area contributed by atoms with E-state index in [1.54, 1.807) is 42.5 Å². The molecule has 3 aliphatic rings. The van der Waals surface area contributed by atoms with Crippen LogP contribution in [0.3, 0.4) is 0 Å². The number of hydrogen-bond donors (Lipinski definition) is 2. The first-order valence-electron chi connectivity index (χ1n) is 11.8. The van der Waals surface area contributed by atoms with Crippen LogP contribution in [-0.4, -0.2) is 35.5 Å². The molecular weight excluding hydrogens is 448 g/mol. The highest BCUT2D eigenvalue weighted by molar-refractivity contribution is 6.03. The molecule has 1 saturated heterocycles.